The lowest BCUT2D eigenvalue weighted by atomic mass is 9.82. The first-order valence-corrected chi connectivity index (χ1v) is 20.5. The predicted octanol–water partition coefficient (Wildman–Crippen LogP) is 15.6. The van der Waals surface area contributed by atoms with Gasteiger partial charge in [-0.3, -0.25) is 0 Å². The molecule has 0 saturated carbocycles. The Morgan fingerprint density at radius 3 is 1.73 bits per heavy atom. The van der Waals surface area contributed by atoms with Crippen LogP contribution < -0.4 is 4.90 Å². The van der Waals surface area contributed by atoms with Crippen LogP contribution in [0.5, 0.6) is 0 Å². The van der Waals surface area contributed by atoms with Crippen LogP contribution in [0.25, 0.3) is 72.0 Å². The van der Waals surface area contributed by atoms with E-state index < -0.39 is 0 Å². The largest absolute Gasteiger partial charge is 0.310 e. The molecule has 1 heterocycles. The van der Waals surface area contributed by atoms with Crippen LogP contribution in [0.15, 0.2) is 218 Å². The van der Waals surface area contributed by atoms with Crippen LogP contribution in [-0.2, 0) is 5.41 Å². The number of aromatic nitrogens is 1. The fourth-order valence-corrected chi connectivity index (χ4v) is 9.55. The molecule has 2 heteroatoms. The monoisotopic (exact) mass is 754 g/mol. The molecule has 0 N–H and O–H groups in total. The van der Waals surface area contributed by atoms with Gasteiger partial charge in [0.25, 0.3) is 0 Å². The zero-order chi connectivity index (χ0) is 39.5. The summed E-state index contributed by atoms with van der Waals surface area (Å²) in [7, 11) is 0. The van der Waals surface area contributed by atoms with Gasteiger partial charge in [0, 0.05) is 38.8 Å². The molecule has 9 aromatic carbocycles. The predicted molar refractivity (Wildman–Crippen MR) is 249 cm³/mol. The number of rotatable bonds is 7. The van der Waals surface area contributed by atoms with Gasteiger partial charge in [0.15, 0.2) is 0 Å². The smallest absolute Gasteiger partial charge is 0.0541 e. The number of hydrogen-bond donors (Lipinski definition) is 0. The third kappa shape index (κ3) is 5.71. The number of nitrogens with zero attached hydrogens (tertiary/aromatic N) is 2. The SMILES string of the molecule is CC1(C)c2ccccc2-c2ccc(N(c3ccc(-c4ccc5c(c4)c4ccccc4n5-c4ccccc4)cc3)c3ccccc3-c3ccccc3-c3ccccc3)cc21. The standard InChI is InChI=1S/C57H42N2/c1-57(2)52-26-14-11-23-47(52)48-35-34-44(38-53(48)57)58(54-27-15-12-24-49(54)46-22-10-9-21-45(46)40-17-5-3-6-18-40)43-32-29-39(30-33-43)41-31-36-56-51(37-41)50-25-13-16-28-55(50)59(56)42-19-7-4-8-20-42/h3-38H,1-2H3. The van der Waals surface area contributed by atoms with Gasteiger partial charge in [-0.15, -0.1) is 0 Å². The lowest BCUT2D eigenvalue weighted by Gasteiger charge is -2.30. The second kappa shape index (κ2) is 13.9. The molecule has 0 fully saturated rings. The second-order valence-electron chi connectivity index (χ2n) is 16.1. The summed E-state index contributed by atoms with van der Waals surface area (Å²) in [5.74, 6) is 0. The quantitative estimate of drug-likeness (QED) is 0.157. The maximum Gasteiger partial charge on any atom is 0.0541 e. The Labute approximate surface area is 345 Å². The summed E-state index contributed by atoms with van der Waals surface area (Å²) in [5.41, 5.74) is 19.4. The minimum atomic E-state index is -0.126. The molecule has 10 aromatic rings. The second-order valence-corrected chi connectivity index (χ2v) is 16.1. The lowest BCUT2D eigenvalue weighted by molar-refractivity contribution is 0.660. The summed E-state index contributed by atoms with van der Waals surface area (Å²) in [5, 5.41) is 2.51. The van der Waals surface area contributed by atoms with Crippen LogP contribution in [0.1, 0.15) is 25.0 Å². The Morgan fingerprint density at radius 1 is 0.356 bits per heavy atom. The summed E-state index contributed by atoms with van der Waals surface area (Å²) in [6, 6.07) is 79.8. The van der Waals surface area contributed by atoms with Gasteiger partial charge in [0.2, 0.25) is 0 Å². The molecule has 0 spiro atoms. The van der Waals surface area contributed by atoms with Crippen molar-refractivity contribution in [3.8, 4) is 50.2 Å². The molecule has 0 amide bonds. The molecule has 1 aliphatic carbocycles. The maximum atomic E-state index is 2.46. The van der Waals surface area contributed by atoms with E-state index in [1.54, 1.807) is 0 Å². The number of para-hydroxylation sites is 3. The molecular weight excluding hydrogens is 713 g/mol. The fourth-order valence-electron chi connectivity index (χ4n) is 9.55. The number of anilines is 3. The van der Waals surface area contributed by atoms with Crippen molar-refractivity contribution in [1.82, 2.24) is 4.57 Å². The average molecular weight is 755 g/mol. The van der Waals surface area contributed by atoms with Gasteiger partial charge in [-0.25, -0.2) is 0 Å². The number of hydrogen-bond acceptors (Lipinski definition) is 1. The molecule has 280 valence electrons. The normalized spacial score (nSPS) is 12.7. The summed E-state index contributed by atoms with van der Waals surface area (Å²) < 4.78 is 2.37. The third-order valence-corrected chi connectivity index (χ3v) is 12.4. The molecule has 2 nitrogen and oxygen atoms in total. The van der Waals surface area contributed by atoms with E-state index in [2.05, 4.69) is 242 Å². The van der Waals surface area contributed by atoms with E-state index >= 15 is 0 Å². The van der Waals surface area contributed by atoms with Crippen LogP contribution in [0.3, 0.4) is 0 Å². The first-order chi connectivity index (χ1) is 29.0. The van der Waals surface area contributed by atoms with Crippen molar-refractivity contribution in [2.45, 2.75) is 19.3 Å². The minimum absolute atomic E-state index is 0.126. The Kier molecular flexibility index (Phi) is 8.20. The Bertz CT molecular complexity index is 3170. The van der Waals surface area contributed by atoms with Gasteiger partial charge in [0.1, 0.15) is 0 Å². The molecule has 0 aliphatic heterocycles. The van der Waals surface area contributed by atoms with Crippen molar-refractivity contribution in [3.63, 3.8) is 0 Å². The van der Waals surface area contributed by atoms with Crippen molar-refractivity contribution in [3.05, 3.63) is 230 Å². The Morgan fingerprint density at radius 2 is 0.932 bits per heavy atom. The van der Waals surface area contributed by atoms with E-state index in [1.807, 2.05) is 0 Å². The van der Waals surface area contributed by atoms with Crippen LogP contribution in [-0.4, -0.2) is 4.57 Å². The molecule has 1 aliphatic rings. The molecule has 0 atom stereocenters. The van der Waals surface area contributed by atoms with E-state index in [4.69, 9.17) is 0 Å². The topological polar surface area (TPSA) is 8.17 Å². The van der Waals surface area contributed by atoms with Crippen LogP contribution >= 0.6 is 0 Å². The van der Waals surface area contributed by atoms with Gasteiger partial charge < -0.3 is 9.47 Å². The van der Waals surface area contributed by atoms with Crippen LogP contribution in [0, 0.1) is 0 Å². The lowest BCUT2D eigenvalue weighted by Crippen LogP contribution is -2.17. The van der Waals surface area contributed by atoms with E-state index in [9.17, 15) is 0 Å². The van der Waals surface area contributed by atoms with Crippen LogP contribution in [0.2, 0.25) is 0 Å². The van der Waals surface area contributed by atoms with Gasteiger partial charge in [-0.05, 0) is 111 Å². The highest BCUT2D eigenvalue weighted by Crippen LogP contribution is 2.51. The molecular formula is C57H42N2. The molecule has 0 saturated heterocycles. The molecule has 1 aromatic heterocycles. The maximum absolute atomic E-state index is 2.46. The van der Waals surface area contributed by atoms with E-state index in [-0.39, 0.29) is 5.41 Å². The summed E-state index contributed by atoms with van der Waals surface area (Å²) in [6.07, 6.45) is 0. The molecule has 0 radical (unpaired) electrons. The average Bonchev–Trinajstić information content (AvgIpc) is 3.75. The van der Waals surface area contributed by atoms with Crippen LogP contribution in [0.4, 0.5) is 17.1 Å². The molecule has 11 rings (SSSR count). The van der Waals surface area contributed by atoms with Gasteiger partial charge in [-0.1, -0.05) is 172 Å². The summed E-state index contributed by atoms with van der Waals surface area (Å²) in [6.45, 7) is 4.72. The Hall–Kier alpha value is -7.42. The summed E-state index contributed by atoms with van der Waals surface area (Å²) >= 11 is 0. The van der Waals surface area contributed by atoms with E-state index in [0.29, 0.717) is 0 Å². The first-order valence-electron chi connectivity index (χ1n) is 20.5. The highest BCUT2D eigenvalue weighted by molar-refractivity contribution is 6.10. The van der Waals surface area contributed by atoms with E-state index in [1.165, 1.54) is 83.1 Å². The molecule has 0 unspecified atom stereocenters. The van der Waals surface area contributed by atoms with Crippen molar-refractivity contribution < 1.29 is 0 Å². The van der Waals surface area contributed by atoms with Crippen molar-refractivity contribution in [1.29, 1.82) is 0 Å². The van der Waals surface area contributed by atoms with Crippen molar-refractivity contribution in [2.24, 2.45) is 0 Å². The third-order valence-electron chi connectivity index (χ3n) is 12.4. The molecule has 0 bridgehead atoms. The zero-order valence-corrected chi connectivity index (χ0v) is 33.2. The fraction of sp³-hybridized carbons (Fsp3) is 0.0526. The first kappa shape index (κ1) is 34.8. The Balaban J connectivity index is 1.06. The van der Waals surface area contributed by atoms with Crippen molar-refractivity contribution in [2.75, 3.05) is 4.90 Å². The summed E-state index contributed by atoms with van der Waals surface area (Å²) in [4.78, 5) is 2.46. The van der Waals surface area contributed by atoms with Gasteiger partial charge in [-0.2, -0.15) is 0 Å². The minimum Gasteiger partial charge on any atom is -0.310 e. The van der Waals surface area contributed by atoms with Gasteiger partial charge in [0.05, 0.1) is 16.7 Å². The molecule has 59 heavy (non-hydrogen) atoms. The zero-order valence-electron chi connectivity index (χ0n) is 33.2. The number of benzene rings is 9. The number of fused-ring (bicyclic) bond motifs is 6. The van der Waals surface area contributed by atoms with E-state index in [0.717, 1.165) is 17.1 Å². The van der Waals surface area contributed by atoms with Gasteiger partial charge >= 0.3 is 0 Å². The highest BCUT2D eigenvalue weighted by Gasteiger charge is 2.36. The highest BCUT2D eigenvalue weighted by atomic mass is 15.1. The van der Waals surface area contributed by atoms with Crippen molar-refractivity contribution >= 4 is 38.9 Å².